The molecule has 3 heterocycles. The number of aromatic nitrogens is 1. The lowest BCUT2D eigenvalue weighted by atomic mass is 10.0. The van der Waals surface area contributed by atoms with E-state index < -0.39 is 12.1 Å². The van der Waals surface area contributed by atoms with Gasteiger partial charge in [0.25, 0.3) is 0 Å². The molecule has 0 bridgehead atoms. The molecule has 2 aliphatic rings. The molecule has 0 radical (unpaired) electrons. The van der Waals surface area contributed by atoms with Crippen LogP contribution >= 0.6 is 23.5 Å². The predicted octanol–water partition coefficient (Wildman–Crippen LogP) is 4.28. The largest absolute Gasteiger partial charge is 0.466 e. The molecule has 0 fully saturated rings. The summed E-state index contributed by atoms with van der Waals surface area (Å²) in [7, 11) is 0. The van der Waals surface area contributed by atoms with Gasteiger partial charge in [-0.15, -0.1) is 23.5 Å². The molecule has 0 unspecified atom stereocenters. The van der Waals surface area contributed by atoms with E-state index in [0.29, 0.717) is 23.2 Å². The normalized spacial score (nSPS) is 23.1. The van der Waals surface area contributed by atoms with Crippen LogP contribution in [-0.4, -0.2) is 64.8 Å². The highest BCUT2D eigenvalue weighted by Gasteiger charge is 2.35. The van der Waals surface area contributed by atoms with E-state index in [2.05, 4.69) is 9.98 Å². The number of hydrogen-bond acceptors (Lipinski definition) is 9. The molecule has 3 aromatic rings. The van der Waals surface area contributed by atoms with Crippen LogP contribution in [0.4, 0.5) is 0 Å². The van der Waals surface area contributed by atoms with E-state index in [1.165, 1.54) is 0 Å². The molecule has 7 nitrogen and oxygen atoms in total. The maximum absolute atomic E-state index is 9.94. The minimum Gasteiger partial charge on any atom is -0.466 e. The summed E-state index contributed by atoms with van der Waals surface area (Å²) in [6.45, 7) is -0.272. The summed E-state index contributed by atoms with van der Waals surface area (Å²) < 4.78 is 12.4. The Morgan fingerprint density at radius 2 is 1.08 bits per heavy atom. The van der Waals surface area contributed by atoms with Gasteiger partial charge in [0.15, 0.2) is 12.2 Å². The zero-order chi connectivity index (χ0) is 25.1. The van der Waals surface area contributed by atoms with Crippen molar-refractivity contribution in [1.82, 2.24) is 4.98 Å². The Hall–Kier alpha value is -2.85. The van der Waals surface area contributed by atoms with Crippen LogP contribution in [0.1, 0.15) is 34.7 Å². The van der Waals surface area contributed by atoms with Crippen LogP contribution in [0.5, 0.6) is 0 Å². The summed E-state index contributed by atoms with van der Waals surface area (Å²) in [6.07, 6.45) is 3.28. The summed E-state index contributed by atoms with van der Waals surface area (Å²) in [5, 5.41) is 19.9. The molecule has 2 N–H and O–H groups in total. The van der Waals surface area contributed by atoms with Crippen molar-refractivity contribution in [1.29, 1.82) is 0 Å². The highest BCUT2D eigenvalue weighted by atomic mass is 32.2. The second kappa shape index (κ2) is 11.0. The SMILES string of the molecule is CSc1ccc([C@@H]2OC(c3cccc(C4=N[C@@H](CO)[C@H](c5ccc(SC)cc5)O4)n3)=N[C@H]2CO)cc1. The highest BCUT2D eigenvalue weighted by molar-refractivity contribution is 7.98. The van der Waals surface area contributed by atoms with Gasteiger partial charge in [-0.25, -0.2) is 15.0 Å². The number of hydrogen-bond donors (Lipinski definition) is 2. The Bertz CT molecular complexity index is 1170. The first-order valence-electron chi connectivity index (χ1n) is 11.6. The average Bonchev–Trinajstić information content (AvgIpc) is 3.58. The van der Waals surface area contributed by atoms with E-state index in [9.17, 15) is 10.2 Å². The highest BCUT2D eigenvalue weighted by Crippen LogP contribution is 2.33. The van der Waals surface area contributed by atoms with E-state index in [4.69, 9.17) is 14.5 Å². The molecule has 186 valence electrons. The van der Waals surface area contributed by atoms with Crippen molar-refractivity contribution in [2.75, 3.05) is 25.7 Å². The Morgan fingerprint density at radius 3 is 1.44 bits per heavy atom. The quantitative estimate of drug-likeness (QED) is 0.427. The first-order valence-corrected chi connectivity index (χ1v) is 14.0. The summed E-state index contributed by atoms with van der Waals surface area (Å²) in [5.41, 5.74) is 2.97. The monoisotopic (exact) mass is 521 g/mol. The Balaban J connectivity index is 1.36. The van der Waals surface area contributed by atoms with E-state index >= 15 is 0 Å². The van der Waals surface area contributed by atoms with Crippen LogP contribution in [0.15, 0.2) is 86.5 Å². The second-order valence-corrected chi connectivity index (χ2v) is 10.2. The van der Waals surface area contributed by atoms with Crippen LogP contribution < -0.4 is 0 Å². The van der Waals surface area contributed by atoms with Gasteiger partial charge >= 0.3 is 0 Å². The maximum Gasteiger partial charge on any atom is 0.236 e. The van der Waals surface area contributed by atoms with Gasteiger partial charge in [-0.1, -0.05) is 30.3 Å². The summed E-state index contributed by atoms with van der Waals surface area (Å²) in [6, 6.07) is 20.8. The van der Waals surface area contributed by atoms with Crippen molar-refractivity contribution in [2.24, 2.45) is 9.98 Å². The number of aliphatic hydroxyl groups excluding tert-OH is 2. The minimum absolute atomic E-state index is 0.136. The zero-order valence-electron chi connectivity index (χ0n) is 19.9. The number of rotatable bonds is 8. The lowest BCUT2D eigenvalue weighted by Gasteiger charge is -2.17. The van der Waals surface area contributed by atoms with Crippen molar-refractivity contribution in [3.05, 3.63) is 89.2 Å². The Labute approximate surface area is 218 Å². The topological polar surface area (TPSA) is 96.5 Å². The molecule has 0 saturated carbocycles. The van der Waals surface area contributed by atoms with Crippen molar-refractivity contribution >= 4 is 35.3 Å². The average molecular weight is 522 g/mol. The summed E-state index contributed by atoms with van der Waals surface area (Å²) >= 11 is 3.34. The summed E-state index contributed by atoms with van der Waals surface area (Å²) in [4.78, 5) is 16.2. The third kappa shape index (κ3) is 5.01. The standard InChI is InChI=1S/C27H27N3O4S2/c1-35-18-10-6-16(7-11-18)24-22(14-31)29-26(33-24)20-4-3-5-21(28-20)27-30-23(15-32)25(34-27)17-8-12-19(36-2)13-9-17/h3-13,22-25,31-32H,14-15H2,1-2H3/t22-,23-,24-,25-/m0/s1. The van der Waals surface area contributed by atoms with Crippen LogP contribution in [0.2, 0.25) is 0 Å². The smallest absolute Gasteiger partial charge is 0.236 e. The molecule has 0 amide bonds. The molecular weight excluding hydrogens is 494 g/mol. The molecule has 0 aliphatic carbocycles. The number of nitrogens with zero attached hydrogens (tertiary/aromatic N) is 3. The number of aliphatic hydroxyl groups is 2. The van der Waals surface area contributed by atoms with E-state index in [1.807, 2.05) is 79.2 Å². The molecule has 0 spiro atoms. The number of aliphatic imine (C=N–C) groups is 2. The van der Waals surface area contributed by atoms with E-state index in [0.717, 1.165) is 20.9 Å². The van der Waals surface area contributed by atoms with Crippen molar-refractivity contribution in [3.63, 3.8) is 0 Å². The third-order valence-corrected chi connectivity index (χ3v) is 7.68. The van der Waals surface area contributed by atoms with Gasteiger partial charge < -0.3 is 19.7 Å². The second-order valence-electron chi connectivity index (χ2n) is 8.40. The van der Waals surface area contributed by atoms with Crippen LogP contribution in [0.25, 0.3) is 0 Å². The fourth-order valence-corrected chi connectivity index (χ4v) is 5.08. The lowest BCUT2D eigenvalue weighted by molar-refractivity contribution is 0.151. The maximum atomic E-state index is 9.94. The molecule has 0 saturated heterocycles. The molecule has 9 heteroatoms. The fourth-order valence-electron chi connectivity index (χ4n) is 4.26. The first-order chi connectivity index (χ1) is 17.6. The lowest BCUT2D eigenvalue weighted by Crippen LogP contribution is -2.18. The Kier molecular flexibility index (Phi) is 7.62. The molecule has 2 aromatic carbocycles. The molecule has 5 rings (SSSR count). The van der Waals surface area contributed by atoms with Crippen molar-refractivity contribution in [3.8, 4) is 0 Å². The van der Waals surface area contributed by atoms with E-state index in [-0.39, 0.29) is 25.4 Å². The van der Waals surface area contributed by atoms with Crippen LogP contribution in [0.3, 0.4) is 0 Å². The predicted molar refractivity (Wildman–Crippen MR) is 143 cm³/mol. The van der Waals surface area contributed by atoms with Crippen LogP contribution in [0, 0.1) is 0 Å². The number of thioether (sulfide) groups is 2. The third-order valence-electron chi connectivity index (χ3n) is 6.19. The minimum atomic E-state index is -0.418. The number of ether oxygens (including phenoxy) is 2. The van der Waals surface area contributed by atoms with Gasteiger partial charge in [0.2, 0.25) is 11.8 Å². The van der Waals surface area contributed by atoms with Gasteiger partial charge in [-0.3, -0.25) is 0 Å². The fraction of sp³-hybridized carbons (Fsp3) is 0.296. The van der Waals surface area contributed by atoms with Crippen molar-refractivity contribution in [2.45, 2.75) is 34.1 Å². The number of benzene rings is 2. The van der Waals surface area contributed by atoms with Gasteiger partial charge in [0.1, 0.15) is 23.5 Å². The summed E-state index contributed by atoms with van der Waals surface area (Å²) in [5.74, 6) is 0.743. The Morgan fingerprint density at radius 1 is 0.667 bits per heavy atom. The molecule has 1 aromatic heterocycles. The van der Waals surface area contributed by atoms with E-state index in [1.54, 1.807) is 23.5 Å². The van der Waals surface area contributed by atoms with Gasteiger partial charge in [0.05, 0.1) is 13.2 Å². The molecule has 36 heavy (non-hydrogen) atoms. The first kappa shape index (κ1) is 24.8. The zero-order valence-corrected chi connectivity index (χ0v) is 21.6. The van der Waals surface area contributed by atoms with Gasteiger partial charge in [0, 0.05) is 9.79 Å². The number of pyridine rings is 1. The van der Waals surface area contributed by atoms with Crippen molar-refractivity contribution < 1.29 is 19.7 Å². The van der Waals surface area contributed by atoms with Crippen LogP contribution in [-0.2, 0) is 9.47 Å². The molecule has 2 aliphatic heterocycles. The van der Waals surface area contributed by atoms with Gasteiger partial charge in [-0.05, 0) is 60.0 Å². The molecular formula is C27H27N3O4S2. The van der Waals surface area contributed by atoms with Gasteiger partial charge in [-0.2, -0.15) is 0 Å². The molecule has 4 atom stereocenters.